The third-order valence-corrected chi connectivity index (χ3v) is 4.00. The number of halogens is 5. The summed E-state index contributed by atoms with van der Waals surface area (Å²) in [6.45, 7) is 2.19. The lowest BCUT2D eigenvalue weighted by molar-refractivity contribution is -0.137. The molecule has 24 heavy (non-hydrogen) atoms. The second-order valence-electron chi connectivity index (χ2n) is 4.72. The Kier molecular flexibility index (Phi) is 5.97. The van der Waals surface area contributed by atoms with Gasteiger partial charge in [0.1, 0.15) is 5.75 Å². The molecule has 0 aliphatic heterocycles. The van der Waals surface area contributed by atoms with Gasteiger partial charge in [0.05, 0.1) is 22.9 Å². The standard InChI is InChI=1S/C16H12ClF3INO2/c1-2-24-14-6-3-9(7-12(14)17)15(23)22-13-5-4-10(21)8-11(13)16(18,19)20/h3-8H,2H2,1H3,(H,22,23). The van der Waals surface area contributed by atoms with Crippen molar-refractivity contribution in [2.75, 3.05) is 11.9 Å². The molecule has 8 heteroatoms. The van der Waals surface area contributed by atoms with Gasteiger partial charge in [-0.1, -0.05) is 11.6 Å². The van der Waals surface area contributed by atoms with Gasteiger partial charge in [-0.2, -0.15) is 13.2 Å². The molecule has 0 heterocycles. The van der Waals surface area contributed by atoms with Gasteiger partial charge in [0.15, 0.2) is 0 Å². The Morgan fingerprint density at radius 1 is 1.25 bits per heavy atom. The molecule has 2 aromatic rings. The molecule has 0 fully saturated rings. The first-order valence-corrected chi connectivity index (χ1v) is 8.28. The first-order valence-electron chi connectivity index (χ1n) is 6.83. The van der Waals surface area contributed by atoms with Gasteiger partial charge in [0.2, 0.25) is 0 Å². The highest BCUT2D eigenvalue weighted by molar-refractivity contribution is 14.1. The summed E-state index contributed by atoms with van der Waals surface area (Å²) >= 11 is 7.77. The molecule has 0 saturated heterocycles. The monoisotopic (exact) mass is 469 g/mol. The number of ether oxygens (including phenoxy) is 1. The molecule has 0 aromatic heterocycles. The highest BCUT2D eigenvalue weighted by Crippen LogP contribution is 2.36. The molecule has 0 radical (unpaired) electrons. The first-order chi connectivity index (χ1) is 11.2. The van der Waals surface area contributed by atoms with Crippen LogP contribution in [0, 0.1) is 3.57 Å². The molecule has 2 aromatic carbocycles. The first kappa shape index (κ1) is 18.9. The van der Waals surface area contributed by atoms with E-state index in [4.69, 9.17) is 16.3 Å². The van der Waals surface area contributed by atoms with Crippen molar-refractivity contribution >= 4 is 45.8 Å². The smallest absolute Gasteiger partial charge is 0.418 e. The summed E-state index contributed by atoms with van der Waals surface area (Å²) in [4.78, 5) is 12.2. The molecule has 2 rings (SSSR count). The number of anilines is 1. The average Bonchev–Trinajstić information content (AvgIpc) is 2.50. The van der Waals surface area contributed by atoms with Gasteiger partial charge in [0, 0.05) is 9.13 Å². The van der Waals surface area contributed by atoms with Gasteiger partial charge in [-0.25, -0.2) is 0 Å². The molecule has 0 spiro atoms. The van der Waals surface area contributed by atoms with Crippen molar-refractivity contribution in [1.29, 1.82) is 0 Å². The highest BCUT2D eigenvalue weighted by atomic mass is 127. The molecule has 128 valence electrons. The van der Waals surface area contributed by atoms with Crippen molar-refractivity contribution in [3.63, 3.8) is 0 Å². The molecule has 0 bridgehead atoms. The number of nitrogens with one attached hydrogen (secondary N) is 1. The largest absolute Gasteiger partial charge is 0.492 e. The van der Waals surface area contributed by atoms with Crippen LogP contribution in [0.15, 0.2) is 36.4 Å². The zero-order chi connectivity index (χ0) is 17.9. The van der Waals surface area contributed by atoms with E-state index in [2.05, 4.69) is 5.32 Å². The van der Waals surface area contributed by atoms with Crippen molar-refractivity contribution in [3.05, 3.63) is 56.1 Å². The molecule has 0 unspecified atom stereocenters. The van der Waals surface area contributed by atoms with E-state index in [0.717, 1.165) is 6.07 Å². The maximum Gasteiger partial charge on any atom is 0.418 e. The SMILES string of the molecule is CCOc1ccc(C(=O)Nc2ccc(I)cc2C(F)(F)F)cc1Cl. The van der Waals surface area contributed by atoms with Crippen LogP contribution < -0.4 is 10.1 Å². The zero-order valence-corrected chi connectivity index (χ0v) is 15.3. The fourth-order valence-electron chi connectivity index (χ4n) is 1.97. The maximum atomic E-state index is 13.1. The van der Waals surface area contributed by atoms with Crippen LogP contribution in [0.4, 0.5) is 18.9 Å². The Morgan fingerprint density at radius 3 is 2.54 bits per heavy atom. The Labute approximate surface area is 155 Å². The van der Waals surface area contributed by atoms with Crippen LogP contribution in [0.5, 0.6) is 5.75 Å². The van der Waals surface area contributed by atoms with E-state index in [9.17, 15) is 18.0 Å². The normalized spacial score (nSPS) is 11.2. The molecular weight excluding hydrogens is 458 g/mol. The maximum absolute atomic E-state index is 13.1. The minimum absolute atomic E-state index is 0.134. The molecule has 1 N–H and O–H groups in total. The highest BCUT2D eigenvalue weighted by Gasteiger charge is 2.34. The number of amides is 1. The van der Waals surface area contributed by atoms with Gasteiger partial charge in [-0.15, -0.1) is 0 Å². The van der Waals surface area contributed by atoms with E-state index in [1.807, 2.05) is 0 Å². The Balaban J connectivity index is 2.29. The van der Waals surface area contributed by atoms with Crippen molar-refractivity contribution < 1.29 is 22.7 Å². The third kappa shape index (κ3) is 4.54. The van der Waals surface area contributed by atoms with Gasteiger partial charge in [0.25, 0.3) is 5.91 Å². The summed E-state index contributed by atoms with van der Waals surface area (Å²) in [5.74, 6) is -0.285. The molecule has 0 aliphatic carbocycles. The van der Waals surface area contributed by atoms with Gasteiger partial charge in [-0.05, 0) is 65.9 Å². The average molecular weight is 470 g/mol. The summed E-state index contributed by atoms with van der Waals surface area (Å²) in [7, 11) is 0. The van der Waals surface area contributed by atoms with Gasteiger partial charge >= 0.3 is 6.18 Å². The summed E-state index contributed by atoms with van der Waals surface area (Å²) in [6, 6.07) is 7.96. The lowest BCUT2D eigenvalue weighted by atomic mass is 10.1. The van der Waals surface area contributed by atoms with E-state index in [1.165, 1.54) is 30.3 Å². The number of hydrogen-bond donors (Lipinski definition) is 1. The minimum atomic E-state index is -4.57. The Hall–Kier alpha value is -1.48. The predicted molar refractivity (Wildman–Crippen MR) is 94.7 cm³/mol. The molecular formula is C16H12ClF3INO2. The van der Waals surface area contributed by atoms with Crippen LogP contribution in [0.1, 0.15) is 22.8 Å². The summed E-state index contributed by atoms with van der Waals surface area (Å²) in [5.41, 5.74) is -1.08. The number of rotatable bonds is 4. The molecule has 1 amide bonds. The lowest BCUT2D eigenvalue weighted by Crippen LogP contribution is -2.17. The second kappa shape index (κ2) is 7.60. The summed E-state index contributed by atoms with van der Waals surface area (Å²) in [6.07, 6.45) is -4.57. The number of carbonyl (C=O) groups is 1. The Bertz CT molecular complexity index is 765. The van der Waals surface area contributed by atoms with Crippen LogP contribution in [-0.4, -0.2) is 12.5 Å². The number of carbonyl (C=O) groups excluding carboxylic acids is 1. The van der Waals surface area contributed by atoms with Crippen molar-refractivity contribution in [2.45, 2.75) is 13.1 Å². The Morgan fingerprint density at radius 2 is 1.96 bits per heavy atom. The summed E-state index contributed by atoms with van der Waals surface area (Å²) < 4.78 is 44.9. The van der Waals surface area contributed by atoms with Gasteiger partial charge < -0.3 is 10.1 Å². The quantitative estimate of drug-likeness (QED) is 0.591. The fraction of sp³-hybridized carbons (Fsp3) is 0.188. The van der Waals surface area contributed by atoms with E-state index in [-0.39, 0.29) is 16.3 Å². The van der Waals surface area contributed by atoms with E-state index in [1.54, 1.807) is 29.5 Å². The topological polar surface area (TPSA) is 38.3 Å². The van der Waals surface area contributed by atoms with E-state index < -0.39 is 17.6 Å². The van der Waals surface area contributed by atoms with Crippen molar-refractivity contribution in [2.24, 2.45) is 0 Å². The molecule has 0 saturated carbocycles. The molecule has 3 nitrogen and oxygen atoms in total. The van der Waals surface area contributed by atoms with Crippen molar-refractivity contribution in [3.8, 4) is 5.75 Å². The number of alkyl halides is 3. The van der Waals surface area contributed by atoms with Crippen LogP contribution in [0.25, 0.3) is 0 Å². The summed E-state index contributed by atoms with van der Waals surface area (Å²) in [5, 5.41) is 2.49. The predicted octanol–water partition coefficient (Wildman–Crippen LogP) is 5.61. The fourth-order valence-corrected chi connectivity index (χ4v) is 2.70. The van der Waals surface area contributed by atoms with E-state index >= 15 is 0 Å². The number of benzene rings is 2. The molecule has 0 atom stereocenters. The van der Waals surface area contributed by atoms with Crippen molar-refractivity contribution in [1.82, 2.24) is 0 Å². The lowest BCUT2D eigenvalue weighted by Gasteiger charge is -2.14. The van der Waals surface area contributed by atoms with Gasteiger partial charge in [-0.3, -0.25) is 4.79 Å². The zero-order valence-electron chi connectivity index (χ0n) is 12.4. The third-order valence-electron chi connectivity index (χ3n) is 3.03. The second-order valence-corrected chi connectivity index (χ2v) is 6.37. The van der Waals surface area contributed by atoms with E-state index in [0.29, 0.717) is 15.9 Å². The number of hydrogen-bond acceptors (Lipinski definition) is 2. The van der Waals surface area contributed by atoms with Crippen LogP contribution in [0.2, 0.25) is 5.02 Å². The van der Waals surface area contributed by atoms with Crippen LogP contribution >= 0.6 is 34.2 Å². The van der Waals surface area contributed by atoms with Crippen LogP contribution in [0.3, 0.4) is 0 Å². The van der Waals surface area contributed by atoms with Crippen LogP contribution in [-0.2, 0) is 6.18 Å². The minimum Gasteiger partial charge on any atom is -0.492 e. The molecule has 0 aliphatic rings.